The average Bonchev–Trinajstić information content (AvgIpc) is 2.93. The normalized spacial score (nSPS) is 10.6. The van der Waals surface area contributed by atoms with E-state index in [0.717, 1.165) is 0 Å². The summed E-state index contributed by atoms with van der Waals surface area (Å²) in [7, 11) is 3.10. The minimum atomic E-state index is -0.334. The summed E-state index contributed by atoms with van der Waals surface area (Å²) in [6.07, 6.45) is 2.95. The topological polar surface area (TPSA) is 73.1 Å². The molecule has 0 aliphatic heterocycles. The number of nitrogens with zero attached hydrogens (tertiary/aromatic N) is 1. The number of rotatable bonds is 5. The van der Waals surface area contributed by atoms with Gasteiger partial charge in [-0.3, -0.25) is 4.79 Å². The summed E-state index contributed by atoms with van der Waals surface area (Å²) in [4.78, 5) is 11.9. The zero-order valence-corrected chi connectivity index (χ0v) is 12.0. The van der Waals surface area contributed by atoms with Crippen molar-refractivity contribution in [3.8, 4) is 11.5 Å². The number of para-hydroxylation sites is 1. The molecule has 0 radical (unpaired) electrons. The van der Waals surface area contributed by atoms with Crippen LogP contribution in [0.4, 0.5) is 0 Å². The van der Waals surface area contributed by atoms with Crippen LogP contribution in [0.2, 0.25) is 0 Å². The number of carbonyl (C=O) groups excluding carboxylic acids is 1. The van der Waals surface area contributed by atoms with Gasteiger partial charge in [0, 0.05) is 5.56 Å². The van der Waals surface area contributed by atoms with E-state index in [9.17, 15) is 4.79 Å². The largest absolute Gasteiger partial charge is 0.493 e. The van der Waals surface area contributed by atoms with Gasteiger partial charge in [-0.05, 0) is 25.1 Å². The van der Waals surface area contributed by atoms with Crippen LogP contribution in [0.25, 0.3) is 0 Å². The van der Waals surface area contributed by atoms with Crippen molar-refractivity contribution in [3.05, 3.63) is 47.4 Å². The Bertz CT molecular complexity index is 661. The third-order valence-corrected chi connectivity index (χ3v) is 2.91. The third kappa shape index (κ3) is 3.22. The fourth-order valence-corrected chi connectivity index (χ4v) is 1.85. The molecular formula is C15H16N2O4. The molecule has 21 heavy (non-hydrogen) atoms. The second-order valence-electron chi connectivity index (χ2n) is 4.17. The van der Waals surface area contributed by atoms with E-state index in [2.05, 4.69) is 10.5 Å². The third-order valence-electron chi connectivity index (χ3n) is 2.91. The van der Waals surface area contributed by atoms with Gasteiger partial charge in [-0.2, -0.15) is 5.10 Å². The van der Waals surface area contributed by atoms with Crippen molar-refractivity contribution in [3.63, 3.8) is 0 Å². The minimum absolute atomic E-state index is 0.334. The fraction of sp³-hybridized carbons (Fsp3) is 0.200. The lowest BCUT2D eigenvalue weighted by Crippen LogP contribution is -2.17. The standard InChI is InChI=1S/C15H16N2O4/c1-10-12(7-8-21-10)15(18)17-16-9-11-5-4-6-13(19-2)14(11)20-3/h4-9H,1-3H3,(H,17,18). The number of hydrogen-bond acceptors (Lipinski definition) is 5. The Balaban J connectivity index is 2.12. The first-order chi connectivity index (χ1) is 10.2. The summed E-state index contributed by atoms with van der Waals surface area (Å²) in [5.74, 6) is 1.36. The van der Waals surface area contributed by atoms with E-state index in [1.807, 2.05) is 6.07 Å². The Morgan fingerprint density at radius 2 is 2.10 bits per heavy atom. The number of hydrogen-bond donors (Lipinski definition) is 1. The first-order valence-electron chi connectivity index (χ1n) is 6.26. The predicted octanol–water partition coefficient (Wildman–Crippen LogP) is 2.37. The van der Waals surface area contributed by atoms with Crippen molar-refractivity contribution in [1.29, 1.82) is 0 Å². The van der Waals surface area contributed by atoms with Crippen LogP contribution in [0.5, 0.6) is 11.5 Å². The van der Waals surface area contributed by atoms with Crippen molar-refractivity contribution in [2.45, 2.75) is 6.92 Å². The highest BCUT2D eigenvalue weighted by Crippen LogP contribution is 2.29. The summed E-state index contributed by atoms with van der Waals surface area (Å²) in [5, 5.41) is 3.92. The van der Waals surface area contributed by atoms with E-state index < -0.39 is 0 Å². The molecule has 1 amide bonds. The van der Waals surface area contributed by atoms with Crippen LogP contribution < -0.4 is 14.9 Å². The molecule has 0 aliphatic rings. The first kappa shape index (κ1) is 14.6. The monoisotopic (exact) mass is 288 g/mol. The Morgan fingerprint density at radius 3 is 2.71 bits per heavy atom. The van der Waals surface area contributed by atoms with Gasteiger partial charge >= 0.3 is 0 Å². The highest BCUT2D eigenvalue weighted by Gasteiger charge is 2.10. The van der Waals surface area contributed by atoms with Gasteiger partial charge in [-0.25, -0.2) is 5.43 Å². The maximum absolute atomic E-state index is 11.9. The SMILES string of the molecule is COc1cccc(C=NNC(=O)c2ccoc2C)c1OC. The van der Waals surface area contributed by atoms with Crippen LogP contribution >= 0.6 is 0 Å². The molecule has 6 nitrogen and oxygen atoms in total. The van der Waals surface area contributed by atoms with Crippen molar-refractivity contribution in [2.75, 3.05) is 14.2 Å². The first-order valence-corrected chi connectivity index (χ1v) is 6.26. The number of hydrazone groups is 1. The Hall–Kier alpha value is -2.76. The van der Waals surface area contributed by atoms with Crippen LogP contribution in [0.15, 0.2) is 40.0 Å². The zero-order chi connectivity index (χ0) is 15.2. The molecule has 1 aromatic carbocycles. The molecule has 2 rings (SSSR count). The molecule has 1 aromatic heterocycles. The molecule has 0 aliphatic carbocycles. The summed E-state index contributed by atoms with van der Waals surface area (Å²) < 4.78 is 15.5. The van der Waals surface area contributed by atoms with Gasteiger partial charge in [0.15, 0.2) is 11.5 Å². The number of amides is 1. The van der Waals surface area contributed by atoms with Crippen LogP contribution in [0.3, 0.4) is 0 Å². The maximum Gasteiger partial charge on any atom is 0.274 e. The second kappa shape index (κ2) is 6.60. The van der Waals surface area contributed by atoms with Gasteiger partial charge < -0.3 is 13.9 Å². The van der Waals surface area contributed by atoms with Crippen LogP contribution in [0, 0.1) is 6.92 Å². The summed E-state index contributed by atoms with van der Waals surface area (Å²) >= 11 is 0. The number of methoxy groups -OCH3 is 2. The van der Waals surface area contributed by atoms with Gasteiger partial charge in [-0.1, -0.05) is 6.07 Å². The zero-order valence-electron chi connectivity index (χ0n) is 12.0. The molecular weight excluding hydrogens is 272 g/mol. The molecule has 0 saturated carbocycles. The minimum Gasteiger partial charge on any atom is -0.493 e. The molecule has 1 N–H and O–H groups in total. The Labute approximate surface area is 122 Å². The van der Waals surface area contributed by atoms with E-state index in [-0.39, 0.29) is 5.91 Å². The molecule has 0 fully saturated rings. The molecule has 0 spiro atoms. The number of ether oxygens (including phenoxy) is 2. The van der Waals surface area contributed by atoms with E-state index in [4.69, 9.17) is 13.9 Å². The Kier molecular flexibility index (Phi) is 4.61. The van der Waals surface area contributed by atoms with E-state index >= 15 is 0 Å². The number of aryl methyl sites for hydroxylation is 1. The summed E-state index contributed by atoms with van der Waals surface area (Å²) in [6.45, 7) is 1.71. The number of benzene rings is 1. The van der Waals surface area contributed by atoms with Crippen molar-refractivity contribution in [1.82, 2.24) is 5.43 Å². The van der Waals surface area contributed by atoms with Gasteiger partial charge in [0.25, 0.3) is 5.91 Å². The maximum atomic E-state index is 11.9. The molecule has 110 valence electrons. The number of furan rings is 1. The Morgan fingerprint density at radius 1 is 1.29 bits per heavy atom. The van der Waals surface area contributed by atoms with Gasteiger partial charge in [0.2, 0.25) is 0 Å². The lowest BCUT2D eigenvalue weighted by atomic mass is 10.2. The van der Waals surface area contributed by atoms with Crippen LogP contribution in [-0.4, -0.2) is 26.3 Å². The smallest absolute Gasteiger partial charge is 0.274 e. The van der Waals surface area contributed by atoms with Gasteiger partial charge in [0.1, 0.15) is 5.76 Å². The van der Waals surface area contributed by atoms with Gasteiger partial charge in [-0.15, -0.1) is 0 Å². The van der Waals surface area contributed by atoms with E-state index in [1.54, 1.807) is 39.3 Å². The molecule has 0 unspecified atom stereocenters. The number of nitrogens with one attached hydrogen (secondary N) is 1. The lowest BCUT2D eigenvalue weighted by molar-refractivity contribution is 0.0953. The molecule has 0 saturated heterocycles. The van der Waals surface area contributed by atoms with Crippen LogP contribution in [-0.2, 0) is 0 Å². The lowest BCUT2D eigenvalue weighted by Gasteiger charge is -2.09. The molecule has 6 heteroatoms. The summed E-state index contributed by atoms with van der Waals surface area (Å²) in [6, 6.07) is 6.99. The van der Waals surface area contributed by atoms with Crippen molar-refractivity contribution in [2.24, 2.45) is 5.10 Å². The number of carbonyl (C=O) groups is 1. The van der Waals surface area contributed by atoms with E-state index in [1.165, 1.54) is 12.5 Å². The molecule has 2 aromatic rings. The highest BCUT2D eigenvalue weighted by molar-refractivity contribution is 5.96. The quantitative estimate of drug-likeness (QED) is 0.677. The predicted molar refractivity (Wildman–Crippen MR) is 78.1 cm³/mol. The van der Waals surface area contributed by atoms with Gasteiger partial charge in [0.05, 0.1) is 32.3 Å². The molecule has 0 atom stereocenters. The van der Waals surface area contributed by atoms with Crippen molar-refractivity contribution < 1.29 is 18.7 Å². The highest BCUT2D eigenvalue weighted by atomic mass is 16.5. The van der Waals surface area contributed by atoms with Crippen molar-refractivity contribution >= 4 is 12.1 Å². The summed E-state index contributed by atoms with van der Waals surface area (Å²) in [5.41, 5.74) is 3.58. The van der Waals surface area contributed by atoms with Crippen LogP contribution in [0.1, 0.15) is 21.7 Å². The molecule has 1 heterocycles. The molecule has 0 bridgehead atoms. The average molecular weight is 288 g/mol. The fourth-order valence-electron chi connectivity index (χ4n) is 1.85. The van der Waals surface area contributed by atoms with E-state index in [0.29, 0.717) is 28.4 Å². The second-order valence-corrected chi connectivity index (χ2v) is 4.17.